The SMILES string of the molecule is CCCNC1(C#N)CCCC1CCN(C)CC1CC1C. The molecule has 3 nitrogen and oxygen atoms in total. The van der Waals surface area contributed by atoms with Crippen molar-refractivity contribution in [3.63, 3.8) is 0 Å². The van der Waals surface area contributed by atoms with Crippen LogP contribution in [0, 0.1) is 29.1 Å². The van der Waals surface area contributed by atoms with E-state index in [-0.39, 0.29) is 5.54 Å². The van der Waals surface area contributed by atoms with Crippen molar-refractivity contribution in [3.8, 4) is 6.07 Å². The monoisotopic (exact) mass is 277 g/mol. The van der Waals surface area contributed by atoms with Crippen molar-refractivity contribution < 1.29 is 0 Å². The Morgan fingerprint density at radius 2 is 2.20 bits per heavy atom. The minimum Gasteiger partial charge on any atom is -0.306 e. The zero-order valence-corrected chi connectivity index (χ0v) is 13.5. The first-order valence-corrected chi connectivity index (χ1v) is 8.46. The molecule has 4 unspecified atom stereocenters. The molecule has 0 aromatic rings. The average molecular weight is 277 g/mol. The van der Waals surface area contributed by atoms with Crippen LogP contribution >= 0.6 is 0 Å². The van der Waals surface area contributed by atoms with E-state index >= 15 is 0 Å². The van der Waals surface area contributed by atoms with Gasteiger partial charge in [0, 0.05) is 6.54 Å². The number of hydrogen-bond donors (Lipinski definition) is 1. The summed E-state index contributed by atoms with van der Waals surface area (Å²) in [5.74, 6) is 2.41. The van der Waals surface area contributed by atoms with E-state index in [4.69, 9.17) is 0 Å². The molecule has 2 aliphatic carbocycles. The molecule has 0 aromatic carbocycles. The molecule has 0 aliphatic heterocycles. The van der Waals surface area contributed by atoms with Gasteiger partial charge in [0.1, 0.15) is 5.54 Å². The number of nitrogens with one attached hydrogen (secondary N) is 1. The zero-order chi connectivity index (χ0) is 14.6. The summed E-state index contributed by atoms with van der Waals surface area (Å²) in [4.78, 5) is 2.48. The van der Waals surface area contributed by atoms with Gasteiger partial charge < -0.3 is 4.90 Å². The van der Waals surface area contributed by atoms with Crippen molar-refractivity contribution in [1.29, 1.82) is 5.26 Å². The third-order valence-electron chi connectivity index (χ3n) is 5.39. The molecule has 0 aromatic heterocycles. The van der Waals surface area contributed by atoms with E-state index < -0.39 is 0 Å². The summed E-state index contributed by atoms with van der Waals surface area (Å²) < 4.78 is 0. The predicted molar refractivity (Wildman–Crippen MR) is 83.4 cm³/mol. The van der Waals surface area contributed by atoms with E-state index in [0.29, 0.717) is 5.92 Å². The molecule has 0 amide bonds. The van der Waals surface area contributed by atoms with Gasteiger partial charge in [0.2, 0.25) is 0 Å². The molecule has 0 radical (unpaired) electrons. The Morgan fingerprint density at radius 3 is 2.80 bits per heavy atom. The van der Waals surface area contributed by atoms with Crippen LogP contribution < -0.4 is 5.32 Å². The summed E-state index contributed by atoms with van der Waals surface area (Å²) in [6.45, 7) is 7.89. The molecule has 0 bridgehead atoms. The summed E-state index contributed by atoms with van der Waals surface area (Å²) in [6, 6.07) is 2.62. The Balaban J connectivity index is 1.79. The van der Waals surface area contributed by atoms with Gasteiger partial charge in [-0.1, -0.05) is 20.3 Å². The van der Waals surface area contributed by atoms with Gasteiger partial charge in [0.05, 0.1) is 6.07 Å². The molecule has 2 fully saturated rings. The summed E-state index contributed by atoms with van der Waals surface area (Å²) in [5.41, 5.74) is -0.232. The molecule has 3 heteroatoms. The Kier molecular flexibility index (Phi) is 5.46. The van der Waals surface area contributed by atoms with Gasteiger partial charge in [-0.15, -0.1) is 0 Å². The molecule has 114 valence electrons. The maximum atomic E-state index is 9.64. The molecule has 0 heterocycles. The minimum absolute atomic E-state index is 0.232. The number of rotatable bonds is 8. The van der Waals surface area contributed by atoms with Gasteiger partial charge in [0.25, 0.3) is 0 Å². The normalized spacial score (nSPS) is 36.2. The number of nitrogens with zero attached hydrogens (tertiary/aromatic N) is 2. The maximum absolute atomic E-state index is 9.64. The summed E-state index contributed by atoms with van der Waals surface area (Å²) >= 11 is 0. The number of nitriles is 1. The summed E-state index contributed by atoms with van der Waals surface area (Å²) in [7, 11) is 2.24. The zero-order valence-electron chi connectivity index (χ0n) is 13.5. The molecular formula is C17H31N3. The molecule has 0 spiro atoms. The lowest BCUT2D eigenvalue weighted by molar-refractivity contribution is 0.243. The fourth-order valence-electron chi connectivity index (χ4n) is 3.76. The predicted octanol–water partition coefficient (Wildman–Crippen LogP) is 3.03. The van der Waals surface area contributed by atoms with Crippen LogP contribution in [0.1, 0.15) is 52.4 Å². The van der Waals surface area contributed by atoms with Crippen molar-refractivity contribution in [2.45, 2.75) is 57.9 Å². The summed E-state index contributed by atoms with van der Waals surface area (Å²) in [5, 5.41) is 13.2. The van der Waals surface area contributed by atoms with Gasteiger partial charge in [0.15, 0.2) is 0 Å². The van der Waals surface area contributed by atoms with Gasteiger partial charge in [-0.2, -0.15) is 5.26 Å². The van der Waals surface area contributed by atoms with E-state index in [1.807, 2.05) is 0 Å². The molecule has 4 atom stereocenters. The van der Waals surface area contributed by atoms with Crippen LogP contribution in [0.2, 0.25) is 0 Å². The third-order valence-corrected chi connectivity index (χ3v) is 5.39. The lowest BCUT2D eigenvalue weighted by Crippen LogP contribution is -2.48. The average Bonchev–Trinajstić information content (AvgIpc) is 2.99. The standard InChI is InChI=1S/C17H31N3/c1-4-9-19-17(13-18)8-5-6-16(17)7-10-20(3)12-15-11-14(15)2/h14-16,19H,4-12H2,1-3H3. The van der Waals surface area contributed by atoms with Gasteiger partial charge in [-0.25, -0.2) is 0 Å². The van der Waals surface area contributed by atoms with Crippen LogP contribution in [0.25, 0.3) is 0 Å². The van der Waals surface area contributed by atoms with Crippen LogP contribution in [-0.4, -0.2) is 37.1 Å². The Labute approximate surface area is 124 Å². The summed E-state index contributed by atoms with van der Waals surface area (Å²) in [6.07, 6.45) is 7.15. The van der Waals surface area contributed by atoms with E-state index in [0.717, 1.165) is 37.8 Å². The highest BCUT2D eigenvalue weighted by molar-refractivity contribution is 5.14. The van der Waals surface area contributed by atoms with Crippen molar-refractivity contribution in [2.75, 3.05) is 26.7 Å². The van der Waals surface area contributed by atoms with Crippen LogP contribution in [0.5, 0.6) is 0 Å². The van der Waals surface area contributed by atoms with Crippen LogP contribution in [-0.2, 0) is 0 Å². The van der Waals surface area contributed by atoms with E-state index in [2.05, 4.69) is 37.2 Å². The van der Waals surface area contributed by atoms with Crippen molar-refractivity contribution in [1.82, 2.24) is 10.2 Å². The topological polar surface area (TPSA) is 39.1 Å². The lowest BCUT2D eigenvalue weighted by Gasteiger charge is -2.31. The molecule has 0 saturated heterocycles. The number of hydrogen-bond acceptors (Lipinski definition) is 3. The van der Waals surface area contributed by atoms with E-state index in [1.165, 1.54) is 32.2 Å². The fraction of sp³-hybridized carbons (Fsp3) is 0.941. The first-order valence-electron chi connectivity index (χ1n) is 8.46. The minimum atomic E-state index is -0.232. The van der Waals surface area contributed by atoms with Crippen molar-refractivity contribution in [3.05, 3.63) is 0 Å². The van der Waals surface area contributed by atoms with Crippen molar-refractivity contribution >= 4 is 0 Å². The second-order valence-electron chi connectivity index (χ2n) is 7.12. The highest BCUT2D eigenvalue weighted by atomic mass is 15.1. The smallest absolute Gasteiger partial charge is 0.109 e. The fourth-order valence-corrected chi connectivity index (χ4v) is 3.76. The van der Waals surface area contributed by atoms with Gasteiger partial charge >= 0.3 is 0 Å². The third kappa shape index (κ3) is 3.74. The largest absolute Gasteiger partial charge is 0.306 e. The van der Waals surface area contributed by atoms with Crippen LogP contribution in [0.15, 0.2) is 0 Å². The van der Waals surface area contributed by atoms with Gasteiger partial charge in [-0.05, 0) is 70.0 Å². The Hall–Kier alpha value is -0.590. The van der Waals surface area contributed by atoms with Crippen LogP contribution in [0.3, 0.4) is 0 Å². The second kappa shape index (κ2) is 6.91. The molecule has 1 N–H and O–H groups in total. The highest BCUT2D eigenvalue weighted by Crippen LogP contribution is 2.39. The maximum Gasteiger partial charge on any atom is 0.109 e. The lowest BCUT2D eigenvalue weighted by atomic mass is 9.85. The Morgan fingerprint density at radius 1 is 1.45 bits per heavy atom. The van der Waals surface area contributed by atoms with Crippen LogP contribution in [0.4, 0.5) is 0 Å². The highest BCUT2D eigenvalue weighted by Gasteiger charge is 2.42. The van der Waals surface area contributed by atoms with E-state index in [9.17, 15) is 5.26 Å². The molecule has 2 aliphatic rings. The second-order valence-corrected chi connectivity index (χ2v) is 7.12. The first-order chi connectivity index (χ1) is 9.61. The molecule has 2 saturated carbocycles. The quantitative estimate of drug-likeness (QED) is 0.741. The first kappa shape index (κ1) is 15.8. The van der Waals surface area contributed by atoms with Crippen molar-refractivity contribution in [2.24, 2.45) is 17.8 Å². The molecule has 20 heavy (non-hydrogen) atoms. The molecular weight excluding hydrogens is 246 g/mol. The Bertz CT molecular complexity index is 349. The van der Waals surface area contributed by atoms with E-state index in [1.54, 1.807) is 0 Å². The van der Waals surface area contributed by atoms with Gasteiger partial charge in [-0.3, -0.25) is 5.32 Å². The molecule has 2 rings (SSSR count).